The zero-order chi connectivity index (χ0) is 30.2. The van der Waals surface area contributed by atoms with Crippen molar-refractivity contribution in [2.24, 2.45) is 0 Å². The molecular formula is C32H41FN4O4Si. The summed E-state index contributed by atoms with van der Waals surface area (Å²) in [6.45, 7) is 16.2. The van der Waals surface area contributed by atoms with Gasteiger partial charge in [-0.05, 0) is 46.5 Å². The molecule has 2 amide bonds. The molecule has 1 aromatic heterocycles. The van der Waals surface area contributed by atoms with E-state index in [0.717, 1.165) is 5.56 Å². The first-order valence-electron chi connectivity index (χ1n) is 14.9. The van der Waals surface area contributed by atoms with E-state index in [0.29, 0.717) is 59.7 Å². The van der Waals surface area contributed by atoms with Gasteiger partial charge in [-0.2, -0.15) is 0 Å². The molecule has 2 aromatic carbocycles. The van der Waals surface area contributed by atoms with Gasteiger partial charge in [-0.15, -0.1) is 0 Å². The molecule has 2 aliphatic rings. The summed E-state index contributed by atoms with van der Waals surface area (Å²) in [7, 11) is -2.51. The van der Waals surface area contributed by atoms with E-state index in [4.69, 9.17) is 14.1 Å². The number of piperazine rings is 1. The second-order valence-corrected chi connectivity index (χ2v) is 17.6. The molecule has 0 spiro atoms. The van der Waals surface area contributed by atoms with E-state index in [2.05, 4.69) is 46.9 Å². The lowest BCUT2D eigenvalue weighted by Crippen LogP contribution is -2.51. The number of aromatic nitrogens is 1. The van der Waals surface area contributed by atoms with Crippen molar-refractivity contribution in [1.82, 2.24) is 20.1 Å². The lowest BCUT2D eigenvalue weighted by atomic mass is 10.0. The summed E-state index contributed by atoms with van der Waals surface area (Å²) < 4.78 is 27.0. The molecule has 10 heteroatoms. The Hall–Kier alpha value is -3.50. The fraction of sp³-hybridized carbons (Fsp3) is 0.469. The van der Waals surface area contributed by atoms with Gasteiger partial charge in [-0.1, -0.05) is 53.7 Å². The molecule has 224 valence electrons. The van der Waals surface area contributed by atoms with E-state index in [1.165, 1.54) is 12.1 Å². The lowest BCUT2D eigenvalue weighted by molar-refractivity contribution is 0.0765. The van der Waals surface area contributed by atoms with Crippen molar-refractivity contribution in [2.45, 2.75) is 71.3 Å². The number of carbonyl (C=O) groups excluding carboxylic acids is 2. The zero-order valence-electron chi connectivity index (χ0n) is 25.4. The number of nitrogens with one attached hydrogen (secondary N) is 1. The van der Waals surface area contributed by atoms with Crippen LogP contribution in [0.5, 0.6) is 11.5 Å². The van der Waals surface area contributed by atoms with Gasteiger partial charge >= 0.3 is 6.09 Å². The van der Waals surface area contributed by atoms with E-state index in [1.54, 1.807) is 28.1 Å². The van der Waals surface area contributed by atoms with Gasteiger partial charge in [-0.25, -0.2) is 9.18 Å². The third-order valence-corrected chi connectivity index (χ3v) is 14.7. The Morgan fingerprint density at radius 3 is 2.26 bits per heavy atom. The first-order chi connectivity index (χ1) is 20.0. The van der Waals surface area contributed by atoms with Crippen LogP contribution in [0.25, 0.3) is 10.9 Å². The molecule has 1 saturated heterocycles. The minimum atomic E-state index is -2.51. The third-order valence-electron chi connectivity index (χ3n) is 8.76. The van der Waals surface area contributed by atoms with Crippen LogP contribution in [-0.4, -0.2) is 61.3 Å². The molecule has 0 unspecified atom stereocenters. The first-order valence-corrected chi connectivity index (χ1v) is 17.0. The summed E-state index contributed by atoms with van der Waals surface area (Å²) in [5.41, 5.74) is 3.16. The minimum Gasteiger partial charge on any atom is -0.541 e. The highest BCUT2D eigenvalue weighted by Crippen LogP contribution is 2.49. The predicted molar refractivity (Wildman–Crippen MR) is 164 cm³/mol. The highest BCUT2D eigenvalue weighted by molar-refractivity contribution is 6.78. The van der Waals surface area contributed by atoms with E-state index < -0.39 is 14.4 Å². The number of hydrogen-bond donors (Lipinski definition) is 1. The molecule has 1 N–H and O–H groups in total. The van der Waals surface area contributed by atoms with Crippen LogP contribution in [0.4, 0.5) is 9.18 Å². The summed E-state index contributed by atoms with van der Waals surface area (Å²) in [5.74, 6) is 0.291. The van der Waals surface area contributed by atoms with Crippen molar-refractivity contribution >= 4 is 31.2 Å². The lowest BCUT2D eigenvalue weighted by Gasteiger charge is -2.42. The molecule has 0 aliphatic carbocycles. The Bertz CT molecular complexity index is 1450. The number of pyridine rings is 1. The minimum absolute atomic E-state index is 0.212. The number of carbonyl (C=O) groups is 2. The van der Waals surface area contributed by atoms with E-state index in [9.17, 15) is 14.0 Å². The van der Waals surface area contributed by atoms with Gasteiger partial charge in [0.1, 0.15) is 22.8 Å². The maximum atomic E-state index is 14.3. The molecule has 1 fully saturated rings. The second kappa shape index (κ2) is 12.0. The van der Waals surface area contributed by atoms with Crippen molar-refractivity contribution in [2.75, 3.05) is 26.2 Å². The number of rotatable bonds is 8. The zero-order valence-corrected chi connectivity index (χ0v) is 26.4. The molecule has 3 heterocycles. The predicted octanol–water partition coefficient (Wildman–Crippen LogP) is 6.49. The average Bonchev–Trinajstić information content (AvgIpc) is 3.29. The molecule has 5 rings (SSSR count). The van der Waals surface area contributed by atoms with Gasteiger partial charge in [0.05, 0.1) is 12.1 Å². The maximum absolute atomic E-state index is 14.3. The van der Waals surface area contributed by atoms with E-state index >= 15 is 0 Å². The SMILES string of the molecule is CC(C)[Si](Oc1c2c(c(OC(=O)N3CCNCC3)c3cccnc13)CN(Cc1ccc(F)cc1)C2=O)(C(C)C)C(C)C. The summed E-state index contributed by atoms with van der Waals surface area (Å²) in [4.78, 5) is 35.7. The van der Waals surface area contributed by atoms with Gasteiger partial charge in [0.2, 0.25) is 0 Å². The molecule has 0 radical (unpaired) electrons. The van der Waals surface area contributed by atoms with Crippen molar-refractivity contribution in [3.05, 3.63) is 65.1 Å². The summed E-state index contributed by atoms with van der Waals surface area (Å²) >= 11 is 0. The fourth-order valence-corrected chi connectivity index (χ4v) is 12.0. The van der Waals surface area contributed by atoms with Crippen molar-refractivity contribution in [1.29, 1.82) is 0 Å². The third kappa shape index (κ3) is 5.38. The number of fused-ring (bicyclic) bond motifs is 2. The highest BCUT2D eigenvalue weighted by atomic mass is 28.4. The van der Waals surface area contributed by atoms with Gasteiger partial charge in [0.15, 0.2) is 0 Å². The topological polar surface area (TPSA) is 84.0 Å². The Kier molecular flexibility index (Phi) is 8.57. The normalized spacial score (nSPS) is 15.7. The monoisotopic (exact) mass is 592 g/mol. The standard InChI is InChI=1S/C32H41FN4O4Si/c1-20(2)42(21(3)4,22(5)6)41-30-27-26(19-37(31(27)38)18-23-9-11-24(33)12-10-23)29(25-8-7-13-35-28(25)30)40-32(39)36-16-14-34-15-17-36/h7-13,20-22,34H,14-19H2,1-6H3. The maximum Gasteiger partial charge on any atom is 0.415 e. The van der Waals surface area contributed by atoms with Crippen LogP contribution in [-0.2, 0) is 13.1 Å². The number of hydrogen-bond acceptors (Lipinski definition) is 6. The molecule has 0 saturated carbocycles. The molecule has 0 bridgehead atoms. The van der Waals surface area contributed by atoms with Crippen LogP contribution in [0, 0.1) is 5.82 Å². The Balaban J connectivity index is 1.68. The van der Waals surface area contributed by atoms with Crippen molar-refractivity contribution < 1.29 is 23.1 Å². The van der Waals surface area contributed by atoms with Crippen molar-refractivity contribution in [3.8, 4) is 11.5 Å². The van der Waals surface area contributed by atoms with Gasteiger partial charge in [0, 0.05) is 49.9 Å². The van der Waals surface area contributed by atoms with E-state index in [-0.39, 0.29) is 41.4 Å². The smallest absolute Gasteiger partial charge is 0.415 e. The van der Waals surface area contributed by atoms with Crippen LogP contribution in [0.15, 0.2) is 42.6 Å². The number of benzene rings is 2. The Labute approximate surface area is 248 Å². The molecule has 3 aromatic rings. The van der Waals surface area contributed by atoms with Crippen LogP contribution in [0.1, 0.15) is 63.0 Å². The summed E-state index contributed by atoms with van der Waals surface area (Å²) in [6, 6.07) is 9.84. The number of amides is 2. The molecule has 0 atom stereocenters. The second-order valence-electron chi connectivity index (χ2n) is 12.2. The largest absolute Gasteiger partial charge is 0.541 e. The number of nitrogens with zero attached hydrogens (tertiary/aromatic N) is 3. The molecule has 2 aliphatic heterocycles. The summed E-state index contributed by atoms with van der Waals surface area (Å²) in [6.07, 6.45) is 1.24. The molecule has 8 nitrogen and oxygen atoms in total. The first kappa shape index (κ1) is 30.0. The van der Waals surface area contributed by atoms with Gasteiger partial charge in [0.25, 0.3) is 14.2 Å². The molecule has 42 heavy (non-hydrogen) atoms. The average molecular weight is 593 g/mol. The van der Waals surface area contributed by atoms with Gasteiger partial charge < -0.3 is 24.3 Å². The highest BCUT2D eigenvalue weighted by Gasteiger charge is 2.49. The quantitative estimate of drug-likeness (QED) is 0.301. The number of ether oxygens (including phenoxy) is 1. The van der Waals surface area contributed by atoms with Gasteiger partial charge in [-0.3, -0.25) is 9.78 Å². The Morgan fingerprint density at radius 1 is 1.00 bits per heavy atom. The number of halogens is 1. The van der Waals surface area contributed by atoms with Crippen LogP contribution in [0.3, 0.4) is 0 Å². The van der Waals surface area contributed by atoms with Crippen LogP contribution in [0.2, 0.25) is 16.6 Å². The van der Waals surface area contributed by atoms with Crippen molar-refractivity contribution in [3.63, 3.8) is 0 Å². The fourth-order valence-electron chi connectivity index (χ4n) is 6.78. The van der Waals surface area contributed by atoms with E-state index in [1.807, 2.05) is 12.1 Å². The van der Waals surface area contributed by atoms with Crippen LogP contribution < -0.4 is 14.5 Å². The Morgan fingerprint density at radius 2 is 1.64 bits per heavy atom. The van der Waals surface area contributed by atoms with Crippen LogP contribution >= 0.6 is 0 Å². The molecular weight excluding hydrogens is 551 g/mol. The summed E-state index contributed by atoms with van der Waals surface area (Å²) in [5, 5.41) is 3.90.